The molecule has 1 heterocycles. The van der Waals surface area contributed by atoms with Crippen LogP contribution in [-0.4, -0.2) is 36.7 Å². The molecule has 0 aromatic rings. The van der Waals surface area contributed by atoms with Crippen LogP contribution in [0.1, 0.15) is 26.7 Å². The SMILES string of the molecule is CCCC1CN(NC(C)=O)CCO1. The first kappa shape index (κ1) is 10.5. The van der Waals surface area contributed by atoms with E-state index >= 15 is 0 Å². The molecule has 1 fully saturated rings. The molecule has 0 bridgehead atoms. The van der Waals surface area contributed by atoms with Crippen molar-refractivity contribution < 1.29 is 9.53 Å². The molecule has 76 valence electrons. The Kier molecular flexibility index (Phi) is 4.18. The predicted molar refractivity (Wildman–Crippen MR) is 50.0 cm³/mol. The van der Waals surface area contributed by atoms with Gasteiger partial charge in [-0.1, -0.05) is 13.3 Å². The van der Waals surface area contributed by atoms with Crippen molar-refractivity contribution in [3.8, 4) is 0 Å². The number of hydrazine groups is 1. The van der Waals surface area contributed by atoms with E-state index in [1.807, 2.05) is 5.01 Å². The third kappa shape index (κ3) is 3.74. The summed E-state index contributed by atoms with van der Waals surface area (Å²) in [6.07, 6.45) is 2.47. The Morgan fingerprint density at radius 2 is 2.46 bits per heavy atom. The number of hydrogen-bond donors (Lipinski definition) is 1. The van der Waals surface area contributed by atoms with Gasteiger partial charge in [0.1, 0.15) is 0 Å². The topological polar surface area (TPSA) is 41.6 Å². The maximum absolute atomic E-state index is 10.8. The van der Waals surface area contributed by atoms with E-state index in [9.17, 15) is 4.79 Å². The zero-order valence-corrected chi connectivity index (χ0v) is 8.38. The Balaban J connectivity index is 2.28. The summed E-state index contributed by atoms with van der Waals surface area (Å²) in [7, 11) is 0. The third-order valence-corrected chi connectivity index (χ3v) is 2.06. The number of rotatable bonds is 3. The second kappa shape index (κ2) is 5.19. The van der Waals surface area contributed by atoms with E-state index in [1.54, 1.807) is 0 Å². The van der Waals surface area contributed by atoms with E-state index in [-0.39, 0.29) is 12.0 Å². The van der Waals surface area contributed by atoms with Crippen molar-refractivity contribution in [3.63, 3.8) is 0 Å². The van der Waals surface area contributed by atoms with E-state index in [1.165, 1.54) is 6.92 Å². The van der Waals surface area contributed by atoms with Crippen LogP contribution in [0, 0.1) is 0 Å². The molecule has 1 aliphatic heterocycles. The summed E-state index contributed by atoms with van der Waals surface area (Å²) in [5.41, 5.74) is 2.78. The lowest BCUT2D eigenvalue weighted by Crippen LogP contribution is -2.51. The molecule has 0 radical (unpaired) electrons. The Bertz CT molecular complexity index is 171. The first-order valence-electron chi connectivity index (χ1n) is 4.86. The first-order valence-corrected chi connectivity index (χ1v) is 4.86. The van der Waals surface area contributed by atoms with Gasteiger partial charge in [-0.2, -0.15) is 0 Å². The van der Waals surface area contributed by atoms with Crippen LogP contribution >= 0.6 is 0 Å². The van der Waals surface area contributed by atoms with Crippen LogP contribution in [0.15, 0.2) is 0 Å². The van der Waals surface area contributed by atoms with Crippen LogP contribution < -0.4 is 5.43 Å². The maximum Gasteiger partial charge on any atom is 0.231 e. The van der Waals surface area contributed by atoms with Gasteiger partial charge in [-0.05, 0) is 6.42 Å². The molecule has 1 saturated heterocycles. The highest BCUT2D eigenvalue weighted by molar-refractivity contribution is 5.72. The van der Waals surface area contributed by atoms with Crippen LogP contribution in [0.5, 0.6) is 0 Å². The molecule has 4 nitrogen and oxygen atoms in total. The molecule has 0 aromatic heterocycles. The first-order chi connectivity index (χ1) is 6.22. The molecular weight excluding hydrogens is 168 g/mol. The smallest absolute Gasteiger partial charge is 0.231 e. The Morgan fingerprint density at radius 1 is 1.69 bits per heavy atom. The molecule has 13 heavy (non-hydrogen) atoms. The highest BCUT2D eigenvalue weighted by Gasteiger charge is 2.19. The fourth-order valence-electron chi connectivity index (χ4n) is 1.54. The van der Waals surface area contributed by atoms with Gasteiger partial charge in [-0.3, -0.25) is 10.2 Å². The summed E-state index contributed by atoms with van der Waals surface area (Å²) in [6, 6.07) is 0. The van der Waals surface area contributed by atoms with Gasteiger partial charge in [0.25, 0.3) is 0 Å². The molecule has 1 atom stereocenters. The zero-order chi connectivity index (χ0) is 9.68. The molecule has 0 aliphatic carbocycles. The number of hydrogen-bond acceptors (Lipinski definition) is 3. The lowest BCUT2D eigenvalue weighted by Gasteiger charge is -2.32. The van der Waals surface area contributed by atoms with Crippen LogP contribution in [-0.2, 0) is 9.53 Å². The minimum absolute atomic E-state index is 0.00264. The maximum atomic E-state index is 10.8. The van der Waals surface area contributed by atoms with Crippen LogP contribution in [0.2, 0.25) is 0 Å². The monoisotopic (exact) mass is 186 g/mol. The fourth-order valence-corrected chi connectivity index (χ4v) is 1.54. The second-order valence-electron chi connectivity index (χ2n) is 3.40. The fraction of sp³-hybridized carbons (Fsp3) is 0.889. The Hall–Kier alpha value is -0.610. The third-order valence-electron chi connectivity index (χ3n) is 2.06. The normalized spacial score (nSPS) is 24.3. The van der Waals surface area contributed by atoms with Gasteiger partial charge in [0, 0.05) is 20.0 Å². The predicted octanol–water partition coefficient (Wildman–Crippen LogP) is 0.538. The molecular formula is C9H18N2O2. The van der Waals surface area contributed by atoms with Crippen molar-refractivity contribution in [1.29, 1.82) is 0 Å². The van der Waals surface area contributed by atoms with Crippen LogP contribution in [0.25, 0.3) is 0 Å². The van der Waals surface area contributed by atoms with E-state index < -0.39 is 0 Å². The summed E-state index contributed by atoms with van der Waals surface area (Å²) in [4.78, 5) is 10.8. The van der Waals surface area contributed by atoms with Gasteiger partial charge in [-0.15, -0.1) is 0 Å². The average Bonchev–Trinajstić information content (AvgIpc) is 2.04. The number of nitrogens with zero attached hydrogens (tertiary/aromatic N) is 1. The number of morpholine rings is 1. The summed E-state index contributed by atoms with van der Waals surface area (Å²) in [5, 5.41) is 1.94. The van der Waals surface area contributed by atoms with Crippen molar-refractivity contribution in [1.82, 2.24) is 10.4 Å². The van der Waals surface area contributed by atoms with Crippen molar-refractivity contribution in [2.75, 3.05) is 19.7 Å². The summed E-state index contributed by atoms with van der Waals surface area (Å²) >= 11 is 0. The standard InChI is InChI=1S/C9H18N2O2/c1-3-4-9-7-11(5-6-13-9)10-8(2)12/h9H,3-7H2,1-2H3,(H,10,12). The lowest BCUT2D eigenvalue weighted by atomic mass is 10.2. The minimum atomic E-state index is -0.00264. The van der Waals surface area contributed by atoms with Gasteiger partial charge < -0.3 is 4.74 Å². The lowest BCUT2D eigenvalue weighted by molar-refractivity contribution is -0.128. The molecule has 0 aromatic carbocycles. The summed E-state index contributed by atoms with van der Waals surface area (Å²) < 4.78 is 5.54. The molecule has 1 amide bonds. The highest BCUT2D eigenvalue weighted by atomic mass is 16.5. The van der Waals surface area contributed by atoms with Crippen molar-refractivity contribution in [3.05, 3.63) is 0 Å². The van der Waals surface area contributed by atoms with Gasteiger partial charge in [0.2, 0.25) is 5.91 Å². The second-order valence-corrected chi connectivity index (χ2v) is 3.40. The minimum Gasteiger partial charge on any atom is -0.375 e. The molecule has 0 spiro atoms. The quantitative estimate of drug-likeness (QED) is 0.699. The molecule has 1 rings (SSSR count). The van der Waals surface area contributed by atoms with Gasteiger partial charge in [0.15, 0.2) is 0 Å². The highest BCUT2D eigenvalue weighted by Crippen LogP contribution is 2.08. The number of amides is 1. The van der Waals surface area contributed by atoms with Crippen molar-refractivity contribution in [2.24, 2.45) is 0 Å². The number of carbonyl (C=O) groups excluding carboxylic acids is 1. The van der Waals surface area contributed by atoms with E-state index in [2.05, 4.69) is 12.3 Å². The largest absolute Gasteiger partial charge is 0.375 e. The molecule has 0 saturated carbocycles. The van der Waals surface area contributed by atoms with Gasteiger partial charge >= 0.3 is 0 Å². The molecule has 1 N–H and O–H groups in total. The van der Waals surface area contributed by atoms with E-state index in [4.69, 9.17) is 4.74 Å². The number of ether oxygens (including phenoxy) is 1. The molecule has 1 aliphatic rings. The Morgan fingerprint density at radius 3 is 3.08 bits per heavy atom. The van der Waals surface area contributed by atoms with Crippen molar-refractivity contribution in [2.45, 2.75) is 32.8 Å². The summed E-state index contributed by atoms with van der Waals surface area (Å²) in [5.74, 6) is -0.00264. The van der Waals surface area contributed by atoms with Crippen molar-refractivity contribution >= 4 is 5.91 Å². The van der Waals surface area contributed by atoms with E-state index in [0.717, 1.165) is 25.9 Å². The van der Waals surface area contributed by atoms with Gasteiger partial charge in [0.05, 0.1) is 12.7 Å². The van der Waals surface area contributed by atoms with E-state index in [0.29, 0.717) is 6.61 Å². The average molecular weight is 186 g/mol. The van der Waals surface area contributed by atoms with Gasteiger partial charge in [-0.25, -0.2) is 5.01 Å². The van der Waals surface area contributed by atoms with Crippen LogP contribution in [0.4, 0.5) is 0 Å². The number of nitrogens with one attached hydrogen (secondary N) is 1. The Labute approximate surface area is 79.2 Å². The zero-order valence-electron chi connectivity index (χ0n) is 8.38. The van der Waals surface area contributed by atoms with Crippen LogP contribution in [0.3, 0.4) is 0 Å². The molecule has 4 heteroatoms. The number of carbonyl (C=O) groups is 1. The summed E-state index contributed by atoms with van der Waals surface area (Å²) in [6.45, 7) is 5.99. The molecule has 1 unspecified atom stereocenters.